The van der Waals surface area contributed by atoms with E-state index in [1.807, 2.05) is 0 Å². The van der Waals surface area contributed by atoms with Crippen molar-refractivity contribution in [3.8, 4) is 0 Å². The third kappa shape index (κ3) is 4.67. The van der Waals surface area contributed by atoms with Gasteiger partial charge in [-0.1, -0.05) is 37.9 Å². The topological polar surface area (TPSA) is 46.5 Å². The van der Waals surface area contributed by atoms with Gasteiger partial charge in [-0.3, -0.25) is 0 Å². The van der Waals surface area contributed by atoms with Crippen molar-refractivity contribution >= 4 is 17.6 Å². The summed E-state index contributed by atoms with van der Waals surface area (Å²) in [7, 11) is 0. The summed E-state index contributed by atoms with van der Waals surface area (Å²) < 4.78 is 5.58. The summed E-state index contributed by atoms with van der Waals surface area (Å²) in [6.45, 7) is 5.42. The Kier molecular flexibility index (Phi) is 6.16. The van der Waals surface area contributed by atoms with Crippen molar-refractivity contribution in [3.63, 3.8) is 0 Å². The molecule has 1 unspecified atom stereocenters. The van der Waals surface area contributed by atoms with Gasteiger partial charge in [0.05, 0.1) is 12.2 Å². The minimum atomic E-state index is -0.971. The zero-order valence-electron chi connectivity index (χ0n) is 10.8. The second-order valence-corrected chi connectivity index (χ2v) is 4.93. The molecule has 0 aromatic heterocycles. The van der Waals surface area contributed by atoms with E-state index in [0.717, 1.165) is 18.4 Å². The van der Waals surface area contributed by atoms with E-state index < -0.39 is 5.97 Å². The van der Waals surface area contributed by atoms with Crippen LogP contribution in [0.25, 0.3) is 0 Å². The largest absolute Gasteiger partial charge is 0.478 e. The maximum atomic E-state index is 10.7. The van der Waals surface area contributed by atoms with Crippen molar-refractivity contribution < 1.29 is 14.6 Å². The summed E-state index contributed by atoms with van der Waals surface area (Å²) in [6.07, 6.45) is 2.30. The van der Waals surface area contributed by atoms with E-state index in [0.29, 0.717) is 24.2 Å². The molecular weight excluding hydrogens is 252 g/mol. The lowest BCUT2D eigenvalue weighted by Crippen LogP contribution is -2.06. The van der Waals surface area contributed by atoms with Gasteiger partial charge >= 0.3 is 5.97 Å². The molecule has 0 aliphatic carbocycles. The number of hydrogen-bond donors (Lipinski definition) is 1. The first-order valence-corrected chi connectivity index (χ1v) is 6.51. The number of halogens is 1. The van der Waals surface area contributed by atoms with E-state index in [2.05, 4.69) is 13.8 Å². The molecule has 1 aromatic carbocycles. The SMILES string of the molecule is CCCC(C)COCc1ccc(C(=O)O)cc1Cl. The maximum Gasteiger partial charge on any atom is 0.335 e. The Labute approximate surface area is 113 Å². The van der Waals surface area contributed by atoms with Crippen LogP contribution in [-0.2, 0) is 11.3 Å². The number of carboxylic acids is 1. The van der Waals surface area contributed by atoms with Crippen LogP contribution in [0.1, 0.15) is 42.6 Å². The van der Waals surface area contributed by atoms with Crippen LogP contribution in [0, 0.1) is 5.92 Å². The molecule has 1 aromatic rings. The minimum absolute atomic E-state index is 0.197. The molecule has 0 aliphatic heterocycles. The van der Waals surface area contributed by atoms with Crippen LogP contribution in [0.3, 0.4) is 0 Å². The van der Waals surface area contributed by atoms with E-state index in [1.165, 1.54) is 6.07 Å². The minimum Gasteiger partial charge on any atom is -0.478 e. The normalized spacial score (nSPS) is 12.4. The maximum absolute atomic E-state index is 10.7. The molecule has 0 spiro atoms. The standard InChI is InChI=1S/C14H19ClO3/c1-3-4-10(2)8-18-9-12-6-5-11(14(16)17)7-13(12)15/h5-7,10H,3-4,8-9H2,1-2H3,(H,16,17). The van der Waals surface area contributed by atoms with Gasteiger partial charge in [0, 0.05) is 11.6 Å². The van der Waals surface area contributed by atoms with Crippen LogP contribution >= 0.6 is 11.6 Å². The fourth-order valence-corrected chi connectivity index (χ4v) is 1.98. The lowest BCUT2D eigenvalue weighted by Gasteiger charge is -2.11. The van der Waals surface area contributed by atoms with Crippen LogP contribution in [0.15, 0.2) is 18.2 Å². The number of rotatable bonds is 7. The molecule has 1 N–H and O–H groups in total. The van der Waals surface area contributed by atoms with Gasteiger partial charge in [0.2, 0.25) is 0 Å². The Morgan fingerprint density at radius 1 is 1.50 bits per heavy atom. The van der Waals surface area contributed by atoms with Gasteiger partial charge in [0.1, 0.15) is 0 Å². The third-order valence-electron chi connectivity index (χ3n) is 2.74. The van der Waals surface area contributed by atoms with Gasteiger partial charge in [-0.2, -0.15) is 0 Å². The molecule has 0 bridgehead atoms. The highest BCUT2D eigenvalue weighted by Crippen LogP contribution is 2.19. The monoisotopic (exact) mass is 270 g/mol. The lowest BCUT2D eigenvalue weighted by molar-refractivity contribution is 0.0696. The number of benzene rings is 1. The van der Waals surface area contributed by atoms with Gasteiger partial charge in [0.15, 0.2) is 0 Å². The Balaban J connectivity index is 2.50. The van der Waals surface area contributed by atoms with Gasteiger partial charge < -0.3 is 9.84 Å². The van der Waals surface area contributed by atoms with Crippen LogP contribution in [0.5, 0.6) is 0 Å². The number of carboxylic acid groups (broad SMARTS) is 1. The van der Waals surface area contributed by atoms with Crippen molar-refractivity contribution in [2.45, 2.75) is 33.3 Å². The molecular formula is C14H19ClO3. The summed E-state index contributed by atoms with van der Waals surface area (Å²) in [5.41, 5.74) is 1.02. The van der Waals surface area contributed by atoms with E-state index in [9.17, 15) is 4.79 Å². The van der Waals surface area contributed by atoms with Crippen LogP contribution in [0.2, 0.25) is 5.02 Å². The molecule has 0 heterocycles. The summed E-state index contributed by atoms with van der Waals surface area (Å²) in [5.74, 6) is -0.437. The summed E-state index contributed by atoms with van der Waals surface area (Å²) in [4.78, 5) is 10.7. The van der Waals surface area contributed by atoms with Crippen molar-refractivity contribution in [2.75, 3.05) is 6.61 Å². The summed E-state index contributed by atoms with van der Waals surface area (Å²) >= 11 is 6.01. The number of ether oxygens (including phenoxy) is 1. The van der Waals surface area contributed by atoms with Gasteiger partial charge in [-0.25, -0.2) is 4.79 Å². The molecule has 4 heteroatoms. The van der Waals surface area contributed by atoms with Crippen molar-refractivity contribution in [1.82, 2.24) is 0 Å². The second-order valence-electron chi connectivity index (χ2n) is 4.52. The zero-order valence-corrected chi connectivity index (χ0v) is 11.5. The summed E-state index contributed by atoms with van der Waals surface area (Å²) in [5, 5.41) is 9.26. The van der Waals surface area contributed by atoms with Gasteiger partial charge in [-0.05, 0) is 30.0 Å². The fourth-order valence-electron chi connectivity index (χ4n) is 1.74. The molecule has 0 saturated heterocycles. The van der Waals surface area contributed by atoms with Crippen LogP contribution < -0.4 is 0 Å². The van der Waals surface area contributed by atoms with Crippen molar-refractivity contribution in [3.05, 3.63) is 34.3 Å². The number of carbonyl (C=O) groups is 1. The van der Waals surface area contributed by atoms with Gasteiger partial charge in [-0.15, -0.1) is 0 Å². The molecule has 100 valence electrons. The molecule has 0 radical (unpaired) electrons. The Morgan fingerprint density at radius 3 is 2.78 bits per heavy atom. The van der Waals surface area contributed by atoms with Gasteiger partial charge in [0.25, 0.3) is 0 Å². The molecule has 0 saturated carbocycles. The Hall–Kier alpha value is -1.06. The van der Waals surface area contributed by atoms with E-state index in [1.54, 1.807) is 12.1 Å². The quantitative estimate of drug-likeness (QED) is 0.815. The highest BCUT2D eigenvalue weighted by molar-refractivity contribution is 6.31. The van der Waals surface area contributed by atoms with Crippen LogP contribution in [0.4, 0.5) is 0 Å². The molecule has 0 fully saturated rings. The molecule has 0 amide bonds. The smallest absolute Gasteiger partial charge is 0.335 e. The van der Waals surface area contributed by atoms with Crippen LogP contribution in [-0.4, -0.2) is 17.7 Å². The average Bonchev–Trinajstić information content (AvgIpc) is 2.31. The number of aromatic carboxylic acids is 1. The highest BCUT2D eigenvalue weighted by Gasteiger charge is 2.08. The Bertz CT molecular complexity index is 404. The van der Waals surface area contributed by atoms with Crippen molar-refractivity contribution in [2.24, 2.45) is 5.92 Å². The molecule has 18 heavy (non-hydrogen) atoms. The third-order valence-corrected chi connectivity index (χ3v) is 3.09. The molecule has 0 aliphatic rings. The molecule has 3 nitrogen and oxygen atoms in total. The first-order valence-electron chi connectivity index (χ1n) is 6.14. The zero-order chi connectivity index (χ0) is 13.5. The highest BCUT2D eigenvalue weighted by atomic mass is 35.5. The van der Waals surface area contributed by atoms with E-state index in [-0.39, 0.29) is 5.56 Å². The number of hydrogen-bond acceptors (Lipinski definition) is 2. The predicted molar refractivity (Wildman–Crippen MR) is 72.1 cm³/mol. The Morgan fingerprint density at radius 2 is 2.22 bits per heavy atom. The first-order chi connectivity index (χ1) is 8.54. The van der Waals surface area contributed by atoms with E-state index >= 15 is 0 Å². The van der Waals surface area contributed by atoms with Crippen molar-refractivity contribution in [1.29, 1.82) is 0 Å². The lowest BCUT2D eigenvalue weighted by atomic mass is 10.1. The second kappa shape index (κ2) is 7.39. The first kappa shape index (κ1) is 15.0. The summed E-state index contributed by atoms with van der Waals surface area (Å²) in [6, 6.07) is 4.71. The fraction of sp³-hybridized carbons (Fsp3) is 0.500. The average molecular weight is 271 g/mol. The molecule has 1 rings (SSSR count). The van der Waals surface area contributed by atoms with E-state index in [4.69, 9.17) is 21.4 Å². The predicted octanol–water partition coefficient (Wildman–Crippen LogP) is 3.99. The molecule has 1 atom stereocenters.